The van der Waals surface area contributed by atoms with Crippen LogP contribution in [0.25, 0.3) is 5.57 Å². The number of allylic oxidation sites excluding steroid dienone is 5. The molecule has 1 aromatic heterocycles. The zero-order chi connectivity index (χ0) is 19.3. The van der Waals surface area contributed by atoms with E-state index in [0.717, 1.165) is 11.3 Å². The smallest absolute Gasteiger partial charge is 0.302 e. The molecule has 0 aliphatic heterocycles. The second kappa shape index (κ2) is 8.52. The van der Waals surface area contributed by atoms with Gasteiger partial charge in [-0.15, -0.1) is 0 Å². The van der Waals surface area contributed by atoms with Crippen LogP contribution in [0.15, 0.2) is 40.0 Å². The van der Waals surface area contributed by atoms with Gasteiger partial charge >= 0.3 is 5.97 Å². The van der Waals surface area contributed by atoms with E-state index in [-0.39, 0.29) is 23.9 Å². The molecule has 0 aromatic carbocycles. The number of hydrogen-bond acceptors (Lipinski definition) is 4. The molecule has 0 amide bonds. The highest BCUT2D eigenvalue weighted by molar-refractivity contribution is 5.66. The Hall–Kier alpha value is -2.10. The van der Waals surface area contributed by atoms with Gasteiger partial charge in [-0.25, -0.2) is 0 Å². The highest BCUT2D eigenvalue weighted by Crippen LogP contribution is 2.41. The summed E-state index contributed by atoms with van der Waals surface area (Å²) in [6.07, 6.45) is 10.0. The van der Waals surface area contributed by atoms with Gasteiger partial charge in [0.05, 0.1) is 5.69 Å². The summed E-state index contributed by atoms with van der Waals surface area (Å²) in [4.78, 5) is 10.8. The van der Waals surface area contributed by atoms with Gasteiger partial charge < -0.3 is 9.26 Å². The van der Waals surface area contributed by atoms with Crippen LogP contribution in [0.5, 0.6) is 0 Å². The Morgan fingerprint density at radius 3 is 2.81 bits per heavy atom. The first-order chi connectivity index (χ1) is 12.2. The summed E-state index contributed by atoms with van der Waals surface area (Å²) < 4.78 is 10.4. The van der Waals surface area contributed by atoms with Gasteiger partial charge in [-0.05, 0) is 55.7 Å². The fourth-order valence-corrected chi connectivity index (χ4v) is 3.42. The first-order valence-corrected chi connectivity index (χ1v) is 9.36. The topological polar surface area (TPSA) is 52.3 Å². The molecule has 1 aromatic rings. The Labute approximate surface area is 157 Å². The molecule has 26 heavy (non-hydrogen) atoms. The lowest BCUT2D eigenvalue weighted by atomic mass is 9.72. The lowest BCUT2D eigenvalue weighted by Gasteiger charge is -2.33. The number of carbonyl (C=O) groups excluding carboxylic acids is 1. The fraction of sp³-hybridized carbons (Fsp3) is 0.545. The third kappa shape index (κ3) is 5.20. The first kappa shape index (κ1) is 20.2. The largest absolute Gasteiger partial charge is 0.462 e. The molecule has 0 fully saturated rings. The average molecular weight is 357 g/mol. The van der Waals surface area contributed by atoms with Crippen LogP contribution in [-0.4, -0.2) is 17.7 Å². The molecule has 0 saturated carbocycles. The lowest BCUT2D eigenvalue weighted by Crippen LogP contribution is -2.19. The van der Waals surface area contributed by atoms with Gasteiger partial charge in [0.25, 0.3) is 0 Å². The molecular weight excluding hydrogens is 326 g/mol. The molecule has 142 valence electrons. The van der Waals surface area contributed by atoms with Gasteiger partial charge in [0.2, 0.25) is 0 Å². The van der Waals surface area contributed by atoms with Crippen molar-refractivity contribution >= 4 is 11.5 Å². The van der Waals surface area contributed by atoms with Crippen molar-refractivity contribution in [1.82, 2.24) is 5.16 Å². The van der Waals surface area contributed by atoms with E-state index in [1.807, 2.05) is 19.1 Å². The van der Waals surface area contributed by atoms with Gasteiger partial charge in [-0.2, -0.15) is 0 Å². The molecule has 1 atom stereocenters. The van der Waals surface area contributed by atoms with Crippen LogP contribution < -0.4 is 0 Å². The third-order valence-electron chi connectivity index (χ3n) is 5.15. The van der Waals surface area contributed by atoms with E-state index in [1.54, 1.807) is 0 Å². The summed E-state index contributed by atoms with van der Waals surface area (Å²) in [7, 11) is 0. The van der Waals surface area contributed by atoms with Crippen LogP contribution in [0.3, 0.4) is 0 Å². The molecule has 0 N–H and O–H groups in total. The number of esters is 1. The fourth-order valence-electron chi connectivity index (χ4n) is 3.42. The maximum atomic E-state index is 10.8. The lowest BCUT2D eigenvalue weighted by molar-refractivity contribution is -0.139. The van der Waals surface area contributed by atoms with Gasteiger partial charge in [0.15, 0.2) is 5.76 Å². The highest BCUT2D eigenvalue weighted by Gasteiger charge is 2.26. The number of carbonyl (C=O) groups is 1. The predicted octanol–water partition coefficient (Wildman–Crippen LogP) is 5.83. The number of rotatable bonds is 6. The molecule has 1 unspecified atom stereocenters. The van der Waals surface area contributed by atoms with E-state index < -0.39 is 0 Å². The van der Waals surface area contributed by atoms with Crippen molar-refractivity contribution in [3.8, 4) is 0 Å². The Bertz CT molecular complexity index is 734. The SMILES string of the molecule is CC(=O)OC/C=C(\C)c1cc(C(C)/C=C/C2=C(C)CCCC2(C)C)no1. The van der Waals surface area contributed by atoms with Gasteiger partial charge in [0, 0.05) is 18.9 Å². The van der Waals surface area contributed by atoms with Crippen LogP contribution in [0.2, 0.25) is 0 Å². The maximum Gasteiger partial charge on any atom is 0.302 e. The van der Waals surface area contributed by atoms with Gasteiger partial charge in [-0.3, -0.25) is 4.79 Å². The summed E-state index contributed by atoms with van der Waals surface area (Å²) in [6, 6.07) is 1.96. The van der Waals surface area contributed by atoms with Crippen LogP contribution >= 0.6 is 0 Å². The minimum absolute atomic E-state index is 0.173. The monoisotopic (exact) mass is 357 g/mol. The Balaban J connectivity index is 2.08. The molecule has 1 aliphatic rings. The van der Waals surface area contributed by atoms with Crippen LogP contribution in [0, 0.1) is 5.41 Å². The summed E-state index contributed by atoms with van der Waals surface area (Å²) >= 11 is 0. The molecule has 0 radical (unpaired) electrons. The molecule has 0 bridgehead atoms. The van der Waals surface area contributed by atoms with Crippen molar-refractivity contribution in [1.29, 1.82) is 0 Å². The van der Waals surface area contributed by atoms with Gasteiger partial charge in [-0.1, -0.05) is 43.7 Å². The first-order valence-electron chi connectivity index (χ1n) is 9.36. The number of hydrogen-bond donors (Lipinski definition) is 0. The number of aromatic nitrogens is 1. The zero-order valence-electron chi connectivity index (χ0n) is 16.9. The van der Waals surface area contributed by atoms with E-state index in [2.05, 4.69) is 45.0 Å². The maximum absolute atomic E-state index is 10.8. The second-order valence-corrected chi connectivity index (χ2v) is 7.88. The minimum atomic E-state index is -0.290. The Morgan fingerprint density at radius 1 is 1.42 bits per heavy atom. The van der Waals surface area contributed by atoms with E-state index in [0.29, 0.717) is 5.76 Å². The normalized spacial score (nSPS) is 19.1. The van der Waals surface area contributed by atoms with Crippen molar-refractivity contribution in [2.24, 2.45) is 5.41 Å². The zero-order valence-corrected chi connectivity index (χ0v) is 16.9. The second-order valence-electron chi connectivity index (χ2n) is 7.88. The predicted molar refractivity (Wildman–Crippen MR) is 105 cm³/mol. The highest BCUT2D eigenvalue weighted by atomic mass is 16.5. The standard InChI is InChI=1S/C22H31NO3/c1-15-8-7-12-22(5,6)19(15)10-9-16(2)20-14-21(26-23-20)17(3)11-13-25-18(4)24/h9-11,14,16H,7-8,12-13H2,1-6H3/b10-9+,17-11+. The summed E-state index contributed by atoms with van der Waals surface area (Å²) in [5.74, 6) is 0.592. The van der Waals surface area contributed by atoms with Crippen molar-refractivity contribution in [2.75, 3.05) is 6.61 Å². The van der Waals surface area contributed by atoms with Gasteiger partial charge in [0.1, 0.15) is 6.61 Å². The quantitative estimate of drug-likeness (QED) is 0.601. The average Bonchev–Trinajstić information content (AvgIpc) is 3.03. The molecule has 1 aliphatic carbocycles. The van der Waals surface area contributed by atoms with Crippen molar-refractivity contribution in [3.05, 3.63) is 46.9 Å². The van der Waals surface area contributed by atoms with Crippen molar-refractivity contribution < 1.29 is 14.1 Å². The van der Waals surface area contributed by atoms with Crippen molar-refractivity contribution in [2.45, 2.75) is 66.7 Å². The van der Waals surface area contributed by atoms with Crippen LogP contribution in [0.4, 0.5) is 0 Å². The molecule has 4 nitrogen and oxygen atoms in total. The number of ether oxygens (including phenoxy) is 1. The summed E-state index contributed by atoms with van der Waals surface area (Å²) in [5.41, 5.74) is 5.01. The van der Waals surface area contributed by atoms with Crippen LogP contribution in [0.1, 0.15) is 78.2 Å². The molecule has 0 spiro atoms. The minimum Gasteiger partial charge on any atom is -0.462 e. The van der Waals surface area contributed by atoms with E-state index in [4.69, 9.17) is 9.26 Å². The Morgan fingerprint density at radius 2 is 2.15 bits per heavy atom. The molecule has 0 saturated heterocycles. The van der Waals surface area contributed by atoms with E-state index >= 15 is 0 Å². The number of nitrogens with zero attached hydrogens (tertiary/aromatic N) is 1. The molecule has 4 heteroatoms. The molecule has 1 heterocycles. The summed E-state index contributed by atoms with van der Waals surface area (Å²) in [5, 5.41) is 4.21. The van der Waals surface area contributed by atoms with Crippen molar-refractivity contribution in [3.63, 3.8) is 0 Å². The van der Waals surface area contributed by atoms with E-state index in [9.17, 15) is 4.79 Å². The summed E-state index contributed by atoms with van der Waals surface area (Å²) in [6.45, 7) is 12.6. The molecular formula is C22H31NO3. The molecule has 2 rings (SSSR count). The van der Waals surface area contributed by atoms with Crippen LogP contribution in [-0.2, 0) is 9.53 Å². The van der Waals surface area contributed by atoms with E-state index in [1.165, 1.54) is 37.3 Å². The third-order valence-corrected chi connectivity index (χ3v) is 5.15. The Kier molecular flexibility index (Phi) is 6.63.